The van der Waals surface area contributed by atoms with Gasteiger partial charge in [0.25, 0.3) is 5.91 Å². The quantitative estimate of drug-likeness (QED) is 0.627. The fraction of sp³-hybridized carbons (Fsp3) is 0.400. The summed E-state index contributed by atoms with van der Waals surface area (Å²) in [6, 6.07) is 13.4. The molecule has 4 rings (SSSR count). The molecule has 2 aliphatic heterocycles. The highest BCUT2D eigenvalue weighted by Crippen LogP contribution is 2.41. The molecule has 8 nitrogen and oxygen atoms in total. The van der Waals surface area contributed by atoms with Gasteiger partial charge in [-0.25, -0.2) is 17.6 Å². The van der Waals surface area contributed by atoms with E-state index in [2.05, 4.69) is 10.3 Å². The first kappa shape index (κ1) is 26.2. The number of nitrogens with zero attached hydrogens (tertiary/aromatic N) is 2. The summed E-state index contributed by atoms with van der Waals surface area (Å²) in [5, 5.41) is 2.64. The Morgan fingerprint density at radius 2 is 1.81 bits per heavy atom. The average molecular weight is 534 g/mol. The monoisotopic (exact) mass is 533 g/mol. The van der Waals surface area contributed by atoms with Gasteiger partial charge in [-0.05, 0) is 50.6 Å². The molecule has 1 N–H and O–H groups in total. The number of fused-ring (bicyclic) bond motifs is 1. The molecule has 2 fully saturated rings. The van der Waals surface area contributed by atoms with E-state index in [-0.39, 0.29) is 23.2 Å². The van der Waals surface area contributed by atoms with Crippen LogP contribution in [0.25, 0.3) is 0 Å². The van der Waals surface area contributed by atoms with Crippen molar-refractivity contribution in [3.8, 4) is 0 Å². The van der Waals surface area contributed by atoms with Crippen molar-refractivity contribution in [2.45, 2.75) is 50.1 Å². The zero-order chi connectivity index (χ0) is 26.1. The van der Waals surface area contributed by atoms with E-state index in [0.29, 0.717) is 10.9 Å². The first-order valence-electron chi connectivity index (χ1n) is 11.5. The molecule has 2 aromatic rings. The summed E-state index contributed by atoms with van der Waals surface area (Å²) in [5.41, 5.74) is 0.615. The number of carbonyl (C=O) groups excluding carboxylic acids is 2. The highest BCUT2D eigenvalue weighted by Gasteiger charge is 2.49. The number of hydrogen-bond donors (Lipinski definition) is 1. The Morgan fingerprint density at radius 3 is 2.44 bits per heavy atom. The minimum atomic E-state index is -3.25. The first-order chi connectivity index (χ1) is 16.9. The molecule has 2 heterocycles. The maximum absolute atomic E-state index is 13.6. The Morgan fingerprint density at radius 1 is 1.14 bits per heavy atom. The van der Waals surface area contributed by atoms with Crippen molar-refractivity contribution in [1.82, 2.24) is 5.32 Å². The number of benzene rings is 2. The number of amides is 2. The number of rotatable bonds is 5. The second-order valence-corrected chi connectivity index (χ2v) is 13.1. The molecule has 192 valence electrons. The molecule has 3 atom stereocenters. The molecule has 2 aliphatic rings. The maximum Gasteiger partial charge on any atom is 0.408 e. The molecule has 36 heavy (non-hydrogen) atoms. The lowest BCUT2D eigenvalue weighted by atomic mass is 10.1. The number of sulfone groups is 1. The molecular formula is C25H28FN3O5S2. The van der Waals surface area contributed by atoms with Gasteiger partial charge in [0.05, 0.1) is 17.5 Å². The average Bonchev–Trinajstić information content (AvgIpc) is 3.24. The number of aliphatic imine (C=N–C) groups is 1. The number of ether oxygens (including phenoxy) is 1. The van der Waals surface area contributed by atoms with E-state index in [0.717, 1.165) is 5.56 Å². The van der Waals surface area contributed by atoms with Gasteiger partial charge in [0, 0.05) is 17.4 Å². The number of carbonyl (C=O) groups is 2. The van der Waals surface area contributed by atoms with E-state index >= 15 is 0 Å². The van der Waals surface area contributed by atoms with Crippen molar-refractivity contribution in [3.05, 3.63) is 66.0 Å². The van der Waals surface area contributed by atoms with Crippen LogP contribution in [0.2, 0.25) is 0 Å². The third kappa shape index (κ3) is 6.44. The largest absolute Gasteiger partial charge is 0.444 e. The fourth-order valence-electron chi connectivity index (χ4n) is 4.14. The van der Waals surface area contributed by atoms with Gasteiger partial charge in [-0.3, -0.25) is 4.79 Å². The highest BCUT2D eigenvalue weighted by molar-refractivity contribution is 8.16. The molecule has 0 spiro atoms. The van der Waals surface area contributed by atoms with E-state index in [1.807, 2.05) is 30.3 Å². The summed E-state index contributed by atoms with van der Waals surface area (Å²) >= 11 is 1.21. The number of hydrogen-bond acceptors (Lipinski definition) is 6. The van der Waals surface area contributed by atoms with Gasteiger partial charge in [-0.2, -0.15) is 4.99 Å². The molecule has 0 aromatic heterocycles. The molecule has 0 aliphatic carbocycles. The lowest BCUT2D eigenvalue weighted by Gasteiger charge is -2.25. The topological polar surface area (TPSA) is 105 Å². The van der Waals surface area contributed by atoms with Gasteiger partial charge in [0.1, 0.15) is 17.5 Å². The third-order valence-electron chi connectivity index (χ3n) is 5.65. The summed E-state index contributed by atoms with van der Waals surface area (Å²) in [6.07, 6.45) is -0.549. The normalized spacial score (nSPS) is 22.8. The summed E-state index contributed by atoms with van der Waals surface area (Å²) in [6.45, 7) is 5.18. The Balaban J connectivity index is 1.64. The number of anilines is 1. The lowest BCUT2D eigenvalue weighted by molar-refractivity contribution is -0.119. The predicted molar refractivity (Wildman–Crippen MR) is 138 cm³/mol. The summed E-state index contributed by atoms with van der Waals surface area (Å²) in [7, 11) is -3.25. The molecule has 0 radical (unpaired) electrons. The van der Waals surface area contributed by atoms with Crippen LogP contribution < -0.4 is 10.2 Å². The van der Waals surface area contributed by atoms with Crippen molar-refractivity contribution in [3.63, 3.8) is 0 Å². The van der Waals surface area contributed by atoms with Crippen molar-refractivity contribution in [1.29, 1.82) is 0 Å². The molecule has 2 saturated heterocycles. The number of thioether (sulfide) groups is 1. The van der Waals surface area contributed by atoms with Crippen LogP contribution in [0.15, 0.2) is 59.6 Å². The van der Waals surface area contributed by atoms with Gasteiger partial charge in [0.15, 0.2) is 15.0 Å². The Labute approximate surface area is 214 Å². The van der Waals surface area contributed by atoms with Crippen LogP contribution in [-0.4, -0.2) is 60.0 Å². The fourth-order valence-corrected chi connectivity index (χ4v) is 8.06. The predicted octanol–water partition coefficient (Wildman–Crippen LogP) is 3.56. The van der Waals surface area contributed by atoms with Gasteiger partial charge in [-0.1, -0.05) is 42.1 Å². The summed E-state index contributed by atoms with van der Waals surface area (Å²) < 4.78 is 43.5. The zero-order valence-corrected chi connectivity index (χ0v) is 21.8. The minimum Gasteiger partial charge on any atom is -0.444 e. The molecule has 0 unspecified atom stereocenters. The number of nitrogens with one attached hydrogen (secondary N) is 1. The molecule has 0 bridgehead atoms. The Bertz CT molecular complexity index is 1260. The van der Waals surface area contributed by atoms with Crippen molar-refractivity contribution < 1.29 is 27.1 Å². The van der Waals surface area contributed by atoms with Crippen molar-refractivity contribution >= 4 is 44.5 Å². The van der Waals surface area contributed by atoms with Crippen LogP contribution in [0.1, 0.15) is 26.3 Å². The number of alkyl carbamates (subject to hydrolysis) is 1. The molecule has 2 aromatic carbocycles. The molecule has 2 amide bonds. The maximum atomic E-state index is 13.6. The Hall–Kier alpha value is -2.92. The summed E-state index contributed by atoms with van der Waals surface area (Å²) in [5.74, 6) is -1.14. The Kier molecular flexibility index (Phi) is 7.42. The van der Waals surface area contributed by atoms with Crippen LogP contribution in [-0.2, 0) is 25.8 Å². The van der Waals surface area contributed by atoms with Crippen molar-refractivity contribution in [2.75, 3.05) is 16.4 Å². The molecular weight excluding hydrogens is 505 g/mol. The number of amidine groups is 1. The summed E-state index contributed by atoms with van der Waals surface area (Å²) in [4.78, 5) is 31.9. The van der Waals surface area contributed by atoms with Gasteiger partial charge in [0.2, 0.25) is 0 Å². The highest BCUT2D eigenvalue weighted by atomic mass is 32.2. The van der Waals surface area contributed by atoms with Crippen LogP contribution in [0.4, 0.5) is 14.9 Å². The van der Waals surface area contributed by atoms with Gasteiger partial charge in [-0.15, -0.1) is 0 Å². The SMILES string of the molecule is CC(C)(C)OC(=O)N[C@@H](Cc1ccccc1)C(=O)N=C1S[C@H]2CS(=O)(=O)C[C@@H]2N1c1ccc(F)cc1. The van der Waals surface area contributed by atoms with E-state index in [9.17, 15) is 22.4 Å². The van der Waals surface area contributed by atoms with E-state index in [1.54, 1.807) is 25.7 Å². The van der Waals surface area contributed by atoms with E-state index in [1.165, 1.54) is 36.0 Å². The first-order valence-corrected chi connectivity index (χ1v) is 14.2. The molecule has 0 saturated carbocycles. The van der Waals surface area contributed by atoms with Gasteiger partial charge < -0.3 is 15.0 Å². The van der Waals surface area contributed by atoms with Crippen molar-refractivity contribution in [2.24, 2.45) is 4.99 Å². The van der Waals surface area contributed by atoms with Crippen LogP contribution in [0, 0.1) is 5.82 Å². The van der Waals surface area contributed by atoms with E-state index in [4.69, 9.17) is 4.74 Å². The third-order valence-corrected chi connectivity index (χ3v) is 8.86. The number of halogens is 1. The zero-order valence-electron chi connectivity index (χ0n) is 20.2. The minimum absolute atomic E-state index is 0.0309. The second kappa shape index (κ2) is 10.2. The van der Waals surface area contributed by atoms with Gasteiger partial charge >= 0.3 is 6.09 Å². The smallest absolute Gasteiger partial charge is 0.408 e. The lowest BCUT2D eigenvalue weighted by Crippen LogP contribution is -2.45. The van der Waals surface area contributed by atoms with Crippen LogP contribution in [0.5, 0.6) is 0 Å². The van der Waals surface area contributed by atoms with Crippen LogP contribution >= 0.6 is 11.8 Å². The second-order valence-electron chi connectivity index (χ2n) is 9.77. The molecule has 11 heteroatoms. The van der Waals surface area contributed by atoms with Crippen LogP contribution in [0.3, 0.4) is 0 Å². The van der Waals surface area contributed by atoms with E-state index < -0.39 is 45.3 Å². The standard InChI is InChI=1S/C25H28FN3O5S2/c1-25(2,3)34-24(31)27-19(13-16-7-5-4-6-8-16)22(30)28-23-29(18-11-9-17(26)10-12-18)20-14-36(32,33)15-21(20)35-23/h4-12,19-21H,13-15H2,1-3H3,(H,27,31)/t19-,20-,21-/m0/s1.